The van der Waals surface area contributed by atoms with Crippen LogP contribution in [0.2, 0.25) is 0 Å². The number of hydrogen-bond donors (Lipinski definition) is 1. The molecule has 0 aliphatic carbocycles. The smallest absolute Gasteiger partial charge is 0.344 e. The molecule has 0 unspecified atom stereocenters. The second-order valence-electron chi connectivity index (χ2n) is 9.60. The first kappa shape index (κ1) is 31.0. The summed E-state index contributed by atoms with van der Waals surface area (Å²) in [4.78, 5) is 24.5. The summed E-state index contributed by atoms with van der Waals surface area (Å²) in [7, 11) is -1.32. The minimum atomic E-state index is -4.17. The van der Waals surface area contributed by atoms with Crippen molar-refractivity contribution in [3.63, 3.8) is 0 Å². The molecule has 1 N–H and O–H groups in total. The fourth-order valence-corrected chi connectivity index (χ4v) is 4.96. The molecule has 3 aromatic rings. The average molecular weight is 584 g/mol. The van der Waals surface area contributed by atoms with Gasteiger partial charge in [0.1, 0.15) is 17.9 Å². The largest absolute Gasteiger partial charge is 0.493 e. The summed E-state index contributed by atoms with van der Waals surface area (Å²) >= 11 is 0. The van der Waals surface area contributed by atoms with Gasteiger partial charge in [0.15, 0.2) is 18.1 Å². The third-order valence-corrected chi connectivity index (χ3v) is 7.10. The summed E-state index contributed by atoms with van der Waals surface area (Å²) in [5, 5.41) is 3.94. The van der Waals surface area contributed by atoms with E-state index in [0.717, 1.165) is 4.31 Å². The van der Waals surface area contributed by atoms with Gasteiger partial charge in [-0.2, -0.15) is 5.10 Å². The molecular weight excluding hydrogens is 550 g/mol. The fourth-order valence-electron chi connectivity index (χ4n) is 3.52. The van der Waals surface area contributed by atoms with Gasteiger partial charge in [-0.05, 0) is 74.9 Å². The molecule has 3 rings (SSSR count). The molecule has 0 aliphatic rings. The first-order chi connectivity index (χ1) is 19.4. The van der Waals surface area contributed by atoms with Crippen LogP contribution in [0.25, 0.3) is 0 Å². The maximum absolute atomic E-state index is 13.6. The zero-order chi connectivity index (χ0) is 30.0. The van der Waals surface area contributed by atoms with Crippen LogP contribution < -0.4 is 23.9 Å². The van der Waals surface area contributed by atoms with Crippen molar-refractivity contribution in [3.05, 3.63) is 78.4 Å². The number of nitrogens with zero attached hydrogens (tertiary/aromatic N) is 2. The van der Waals surface area contributed by atoms with Crippen LogP contribution in [0.3, 0.4) is 0 Å². The zero-order valence-corrected chi connectivity index (χ0v) is 24.3. The molecular formula is C29H33N3O8S. The van der Waals surface area contributed by atoms with Crippen LogP contribution in [-0.4, -0.2) is 59.5 Å². The molecule has 0 aromatic heterocycles. The Hall–Kier alpha value is -4.58. The predicted octanol–water partition coefficient (Wildman–Crippen LogP) is 3.77. The van der Waals surface area contributed by atoms with Crippen molar-refractivity contribution >= 4 is 33.8 Å². The van der Waals surface area contributed by atoms with Crippen LogP contribution in [0, 0.1) is 0 Å². The van der Waals surface area contributed by atoms with Gasteiger partial charge in [-0.15, -0.1) is 0 Å². The highest BCUT2D eigenvalue weighted by molar-refractivity contribution is 7.92. The number of esters is 1. The van der Waals surface area contributed by atoms with Crippen LogP contribution in [0.5, 0.6) is 17.2 Å². The third-order valence-electron chi connectivity index (χ3n) is 5.33. The first-order valence-corrected chi connectivity index (χ1v) is 13.9. The minimum Gasteiger partial charge on any atom is -0.493 e. The molecule has 0 atom stereocenters. The summed E-state index contributed by atoms with van der Waals surface area (Å²) in [6.07, 6.45) is 1.39. The lowest BCUT2D eigenvalue weighted by Crippen LogP contribution is -2.39. The Balaban J connectivity index is 1.68. The molecule has 0 saturated carbocycles. The molecule has 0 fully saturated rings. The van der Waals surface area contributed by atoms with Gasteiger partial charge in [-0.25, -0.2) is 18.6 Å². The Bertz CT molecular complexity index is 1470. The van der Waals surface area contributed by atoms with E-state index >= 15 is 0 Å². The molecule has 11 nitrogen and oxygen atoms in total. The highest BCUT2D eigenvalue weighted by atomic mass is 32.2. The number of sulfonamides is 1. The normalized spacial score (nSPS) is 11.5. The van der Waals surface area contributed by atoms with E-state index in [1.165, 1.54) is 38.6 Å². The number of nitrogens with one attached hydrogen (secondary N) is 1. The molecule has 0 spiro atoms. The van der Waals surface area contributed by atoms with Crippen molar-refractivity contribution in [1.29, 1.82) is 0 Å². The quantitative estimate of drug-likeness (QED) is 0.194. The van der Waals surface area contributed by atoms with Gasteiger partial charge in [0.25, 0.3) is 15.9 Å². The Kier molecular flexibility index (Phi) is 10.3. The minimum absolute atomic E-state index is 0.0794. The zero-order valence-electron chi connectivity index (χ0n) is 23.5. The first-order valence-electron chi connectivity index (χ1n) is 12.5. The highest BCUT2D eigenvalue weighted by Crippen LogP contribution is 2.32. The van der Waals surface area contributed by atoms with Crippen molar-refractivity contribution in [3.8, 4) is 17.2 Å². The number of hydrogen-bond acceptors (Lipinski definition) is 9. The SMILES string of the molecule is COc1ccc(S(=O)(=O)N(CC(=O)N/N=C\c2ccc(OCC(=O)OC(C)(C)C)cc2)c2ccccc2)cc1OC. The number of amides is 1. The fraction of sp³-hybridized carbons (Fsp3) is 0.276. The summed E-state index contributed by atoms with van der Waals surface area (Å²) < 4.78 is 49.3. The number of para-hydroxylation sites is 1. The molecule has 1 amide bonds. The number of rotatable bonds is 12. The molecule has 41 heavy (non-hydrogen) atoms. The molecule has 0 aliphatic heterocycles. The van der Waals surface area contributed by atoms with Gasteiger partial charge < -0.3 is 18.9 Å². The number of hydrazone groups is 1. The van der Waals surface area contributed by atoms with Crippen LogP contribution in [0.4, 0.5) is 5.69 Å². The second-order valence-corrected chi connectivity index (χ2v) is 11.5. The van der Waals surface area contributed by atoms with E-state index in [0.29, 0.717) is 22.7 Å². The summed E-state index contributed by atoms with van der Waals surface area (Å²) in [5.74, 6) is -0.0877. The molecule has 218 valence electrons. The molecule has 0 radical (unpaired) electrons. The van der Waals surface area contributed by atoms with E-state index in [4.69, 9.17) is 18.9 Å². The van der Waals surface area contributed by atoms with Gasteiger partial charge in [-0.3, -0.25) is 9.10 Å². The number of carbonyl (C=O) groups excluding carboxylic acids is 2. The van der Waals surface area contributed by atoms with Crippen molar-refractivity contribution < 1.29 is 37.0 Å². The number of anilines is 1. The van der Waals surface area contributed by atoms with E-state index in [-0.39, 0.29) is 17.3 Å². The lowest BCUT2D eigenvalue weighted by molar-refractivity contribution is -0.157. The molecule has 3 aromatic carbocycles. The summed E-state index contributed by atoms with van der Waals surface area (Å²) in [6.45, 7) is 4.55. The van der Waals surface area contributed by atoms with Gasteiger partial charge >= 0.3 is 5.97 Å². The predicted molar refractivity (Wildman–Crippen MR) is 154 cm³/mol. The highest BCUT2D eigenvalue weighted by Gasteiger charge is 2.28. The number of ether oxygens (including phenoxy) is 4. The Labute approximate surface area is 239 Å². The van der Waals surface area contributed by atoms with E-state index in [1.807, 2.05) is 0 Å². The number of carbonyl (C=O) groups is 2. The number of benzene rings is 3. The van der Waals surface area contributed by atoms with Gasteiger partial charge in [0.2, 0.25) is 0 Å². The Morgan fingerprint density at radius 1 is 0.927 bits per heavy atom. The lowest BCUT2D eigenvalue weighted by Gasteiger charge is -2.24. The summed E-state index contributed by atoms with van der Waals surface area (Å²) in [5.41, 5.74) is 2.69. The van der Waals surface area contributed by atoms with Crippen LogP contribution in [-0.2, 0) is 24.3 Å². The van der Waals surface area contributed by atoms with Gasteiger partial charge in [0.05, 0.1) is 31.0 Å². The Morgan fingerprint density at radius 3 is 2.20 bits per heavy atom. The van der Waals surface area contributed by atoms with Gasteiger partial charge in [-0.1, -0.05) is 18.2 Å². The van der Waals surface area contributed by atoms with E-state index in [9.17, 15) is 18.0 Å². The van der Waals surface area contributed by atoms with Crippen molar-refractivity contribution in [2.45, 2.75) is 31.3 Å². The topological polar surface area (TPSA) is 133 Å². The van der Waals surface area contributed by atoms with E-state index in [1.54, 1.807) is 75.4 Å². The number of methoxy groups -OCH3 is 2. The van der Waals surface area contributed by atoms with Crippen LogP contribution in [0.15, 0.2) is 82.8 Å². The molecule has 0 saturated heterocycles. The van der Waals surface area contributed by atoms with Crippen molar-refractivity contribution in [2.75, 3.05) is 31.7 Å². The average Bonchev–Trinajstić information content (AvgIpc) is 2.94. The third kappa shape index (κ3) is 8.97. The molecule has 0 heterocycles. The van der Waals surface area contributed by atoms with Crippen molar-refractivity contribution in [1.82, 2.24) is 5.43 Å². The van der Waals surface area contributed by atoms with Crippen LogP contribution in [0.1, 0.15) is 26.3 Å². The van der Waals surface area contributed by atoms with Gasteiger partial charge in [0, 0.05) is 6.07 Å². The molecule has 12 heteroatoms. The van der Waals surface area contributed by atoms with E-state index in [2.05, 4.69) is 10.5 Å². The van der Waals surface area contributed by atoms with Crippen LogP contribution >= 0.6 is 0 Å². The standard InChI is InChI=1S/C29H33N3O8S/c1-29(2,3)40-28(34)20-39-23-13-11-21(12-14-23)18-30-31-27(33)19-32(22-9-7-6-8-10-22)41(35,36)24-15-16-25(37-4)26(17-24)38-5/h6-18H,19-20H2,1-5H3,(H,31,33)/b30-18-. The maximum atomic E-state index is 13.6. The monoisotopic (exact) mass is 583 g/mol. The molecule has 0 bridgehead atoms. The Morgan fingerprint density at radius 2 is 1.59 bits per heavy atom. The second kappa shape index (κ2) is 13.7. The summed E-state index contributed by atoms with van der Waals surface area (Å²) in [6, 6.07) is 19.1. The van der Waals surface area contributed by atoms with Crippen molar-refractivity contribution in [2.24, 2.45) is 5.10 Å². The lowest BCUT2D eigenvalue weighted by atomic mass is 10.2. The maximum Gasteiger partial charge on any atom is 0.344 e. The van der Waals surface area contributed by atoms with E-state index < -0.39 is 34.0 Å².